The molecule has 18 heavy (non-hydrogen) atoms. The van der Waals surface area contributed by atoms with Gasteiger partial charge in [-0.3, -0.25) is 4.79 Å². The molecule has 0 aromatic heterocycles. The molecule has 1 aliphatic rings. The molecule has 2 unspecified atom stereocenters. The van der Waals surface area contributed by atoms with E-state index >= 15 is 0 Å². The standard InChI is InChI=1S/C13H25N3O2/c1-9-6-10(8-13(2,3)7-9)11(17)15-4-5-16-12(14)18/h9-10H,4-8H2,1-3H3,(H,15,17)(H3,14,16,18). The van der Waals surface area contributed by atoms with E-state index in [0.717, 1.165) is 12.8 Å². The maximum atomic E-state index is 12.0. The van der Waals surface area contributed by atoms with Gasteiger partial charge in [-0.05, 0) is 30.6 Å². The smallest absolute Gasteiger partial charge is 0.312 e. The van der Waals surface area contributed by atoms with Crippen molar-refractivity contribution < 1.29 is 9.59 Å². The Morgan fingerprint density at radius 1 is 1.22 bits per heavy atom. The highest BCUT2D eigenvalue weighted by Gasteiger charge is 2.35. The number of carbonyl (C=O) groups excluding carboxylic acids is 2. The van der Waals surface area contributed by atoms with E-state index in [2.05, 4.69) is 31.4 Å². The zero-order chi connectivity index (χ0) is 13.8. The molecule has 0 aromatic carbocycles. The highest BCUT2D eigenvalue weighted by molar-refractivity contribution is 5.79. The van der Waals surface area contributed by atoms with Crippen LogP contribution < -0.4 is 16.4 Å². The van der Waals surface area contributed by atoms with Crippen LogP contribution in [0.1, 0.15) is 40.0 Å². The van der Waals surface area contributed by atoms with Crippen molar-refractivity contribution in [1.82, 2.24) is 10.6 Å². The van der Waals surface area contributed by atoms with E-state index in [0.29, 0.717) is 19.0 Å². The van der Waals surface area contributed by atoms with Crippen molar-refractivity contribution in [3.63, 3.8) is 0 Å². The van der Waals surface area contributed by atoms with Crippen molar-refractivity contribution in [2.24, 2.45) is 23.0 Å². The van der Waals surface area contributed by atoms with E-state index in [1.54, 1.807) is 0 Å². The number of primary amides is 1. The minimum absolute atomic E-state index is 0.0947. The molecule has 0 aromatic rings. The first-order valence-electron chi connectivity index (χ1n) is 6.61. The van der Waals surface area contributed by atoms with E-state index in [4.69, 9.17) is 5.73 Å². The second-order valence-electron chi connectivity index (χ2n) is 6.19. The van der Waals surface area contributed by atoms with Crippen LogP contribution in [0.25, 0.3) is 0 Å². The second kappa shape index (κ2) is 6.07. The molecule has 0 spiro atoms. The fraction of sp³-hybridized carbons (Fsp3) is 0.846. The van der Waals surface area contributed by atoms with E-state index in [1.807, 2.05) is 0 Å². The average Bonchev–Trinajstić information content (AvgIpc) is 2.20. The van der Waals surface area contributed by atoms with Crippen LogP contribution in [0, 0.1) is 17.3 Å². The Kier molecular flexibility index (Phi) is 4.99. The summed E-state index contributed by atoms with van der Waals surface area (Å²) < 4.78 is 0. The quantitative estimate of drug-likeness (QED) is 0.660. The van der Waals surface area contributed by atoms with E-state index in [-0.39, 0.29) is 17.2 Å². The van der Waals surface area contributed by atoms with Crippen molar-refractivity contribution in [1.29, 1.82) is 0 Å². The van der Waals surface area contributed by atoms with Gasteiger partial charge in [0.2, 0.25) is 5.91 Å². The maximum Gasteiger partial charge on any atom is 0.312 e. The summed E-state index contributed by atoms with van der Waals surface area (Å²) in [6, 6.07) is -0.559. The summed E-state index contributed by atoms with van der Waals surface area (Å²) in [6.07, 6.45) is 3.07. The van der Waals surface area contributed by atoms with Gasteiger partial charge in [0.05, 0.1) is 0 Å². The SMILES string of the molecule is CC1CC(C(=O)NCCNC(N)=O)CC(C)(C)C1. The van der Waals surface area contributed by atoms with Gasteiger partial charge in [-0.1, -0.05) is 20.8 Å². The van der Waals surface area contributed by atoms with Crippen molar-refractivity contribution in [2.45, 2.75) is 40.0 Å². The molecule has 3 amide bonds. The summed E-state index contributed by atoms with van der Waals surface area (Å²) in [4.78, 5) is 22.5. The van der Waals surface area contributed by atoms with Crippen molar-refractivity contribution in [3.05, 3.63) is 0 Å². The number of carbonyl (C=O) groups is 2. The van der Waals surface area contributed by atoms with Crippen LogP contribution in [0.15, 0.2) is 0 Å². The van der Waals surface area contributed by atoms with Gasteiger partial charge >= 0.3 is 6.03 Å². The summed E-state index contributed by atoms with van der Waals surface area (Å²) in [7, 11) is 0. The van der Waals surface area contributed by atoms with Crippen LogP contribution >= 0.6 is 0 Å². The van der Waals surface area contributed by atoms with Gasteiger partial charge in [-0.2, -0.15) is 0 Å². The number of amides is 3. The van der Waals surface area contributed by atoms with Gasteiger partial charge in [0.25, 0.3) is 0 Å². The largest absolute Gasteiger partial charge is 0.354 e. The number of urea groups is 1. The molecule has 0 heterocycles. The van der Waals surface area contributed by atoms with Crippen molar-refractivity contribution in [3.8, 4) is 0 Å². The topological polar surface area (TPSA) is 84.2 Å². The Labute approximate surface area is 109 Å². The molecule has 2 atom stereocenters. The zero-order valence-corrected chi connectivity index (χ0v) is 11.6. The predicted octanol–water partition coefficient (Wildman–Crippen LogP) is 1.23. The number of rotatable bonds is 4. The van der Waals surface area contributed by atoms with Crippen LogP contribution in [-0.4, -0.2) is 25.0 Å². The monoisotopic (exact) mass is 255 g/mol. The van der Waals surface area contributed by atoms with Crippen molar-refractivity contribution >= 4 is 11.9 Å². The minimum Gasteiger partial charge on any atom is -0.354 e. The highest BCUT2D eigenvalue weighted by atomic mass is 16.2. The fourth-order valence-electron chi connectivity index (χ4n) is 3.06. The Hall–Kier alpha value is -1.26. The number of hydrogen-bond acceptors (Lipinski definition) is 2. The zero-order valence-electron chi connectivity index (χ0n) is 11.6. The maximum absolute atomic E-state index is 12.0. The number of hydrogen-bond donors (Lipinski definition) is 3. The molecule has 1 aliphatic carbocycles. The first-order valence-corrected chi connectivity index (χ1v) is 6.61. The molecule has 0 saturated heterocycles. The van der Waals surface area contributed by atoms with Gasteiger partial charge < -0.3 is 16.4 Å². The summed E-state index contributed by atoms with van der Waals surface area (Å²) in [6.45, 7) is 7.46. The van der Waals surface area contributed by atoms with E-state index in [9.17, 15) is 9.59 Å². The lowest BCUT2D eigenvalue weighted by molar-refractivity contribution is -0.127. The van der Waals surface area contributed by atoms with Gasteiger partial charge in [0, 0.05) is 19.0 Å². The molecule has 5 nitrogen and oxygen atoms in total. The van der Waals surface area contributed by atoms with Crippen molar-refractivity contribution in [2.75, 3.05) is 13.1 Å². The molecule has 1 saturated carbocycles. The summed E-state index contributed by atoms with van der Waals surface area (Å²) in [5, 5.41) is 5.31. The minimum atomic E-state index is -0.559. The molecular formula is C13H25N3O2. The first kappa shape index (κ1) is 14.8. The Balaban J connectivity index is 2.34. The molecule has 0 bridgehead atoms. The Morgan fingerprint density at radius 2 is 1.83 bits per heavy atom. The summed E-state index contributed by atoms with van der Waals surface area (Å²) in [5.41, 5.74) is 5.18. The third-order valence-electron chi connectivity index (χ3n) is 3.48. The van der Waals surface area contributed by atoms with Crippen LogP contribution in [0.5, 0.6) is 0 Å². The lowest BCUT2D eigenvalue weighted by Gasteiger charge is -2.38. The molecule has 104 valence electrons. The van der Waals surface area contributed by atoms with Gasteiger partial charge in [-0.25, -0.2) is 4.79 Å². The third kappa shape index (κ3) is 4.94. The molecule has 0 aliphatic heterocycles. The number of nitrogens with one attached hydrogen (secondary N) is 2. The predicted molar refractivity (Wildman–Crippen MR) is 70.9 cm³/mol. The molecule has 0 radical (unpaired) electrons. The average molecular weight is 255 g/mol. The molecule has 4 N–H and O–H groups in total. The van der Waals surface area contributed by atoms with Crippen LogP contribution in [0.2, 0.25) is 0 Å². The molecule has 5 heteroatoms. The Morgan fingerprint density at radius 3 is 2.39 bits per heavy atom. The summed E-state index contributed by atoms with van der Waals surface area (Å²) in [5.74, 6) is 0.784. The molecular weight excluding hydrogens is 230 g/mol. The second-order valence-corrected chi connectivity index (χ2v) is 6.19. The van der Waals surface area contributed by atoms with E-state index < -0.39 is 6.03 Å². The fourth-order valence-corrected chi connectivity index (χ4v) is 3.06. The highest BCUT2D eigenvalue weighted by Crippen LogP contribution is 2.41. The van der Waals surface area contributed by atoms with Gasteiger partial charge in [0.15, 0.2) is 0 Å². The van der Waals surface area contributed by atoms with Gasteiger partial charge in [0.1, 0.15) is 0 Å². The van der Waals surface area contributed by atoms with Crippen LogP contribution in [-0.2, 0) is 4.79 Å². The van der Waals surface area contributed by atoms with Crippen LogP contribution in [0.3, 0.4) is 0 Å². The number of nitrogens with two attached hydrogens (primary N) is 1. The molecule has 1 fully saturated rings. The normalized spacial score (nSPS) is 26.4. The van der Waals surface area contributed by atoms with E-state index in [1.165, 1.54) is 6.42 Å². The lowest BCUT2D eigenvalue weighted by Crippen LogP contribution is -2.42. The Bertz CT molecular complexity index is 315. The summed E-state index contributed by atoms with van der Waals surface area (Å²) >= 11 is 0. The third-order valence-corrected chi connectivity index (χ3v) is 3.48. The first-order chi connectivity index (χ1) is 8.30. The lowest BCUT2D eigenvalue weighted by atomic mass is 9.68. The van der Waals surface area contributed by atoms with Gasteiger partial charge in [-0.15, -0.1) is 0 Å². The molecule has 1 rings (SSSR count). The van der Waals surface area contributed by atoms with Crippen LogP contribution in [0.4, 0.5) is 4.79 Å².